The van der Waals surface area contributed by atoms with Crippen molar-refractivity contribution in [3.05, 3.63) is 42.1 Å². The Bertz CT molecular complexity index is 494. The van der Waals surface area contributed by atoms with Crippen LogP contribution in [0.25, 0.3) is 5.70 Å². The lowest BCUT2D eigenvalue weighted by Gasteiger charge is -2.30. The van der Waals surface area contributed by atoms with Crippen LogP contribution in [-0.4, -0.2) is 22.8 Å². The van der Waals surface area contributed by atoms with Crippen LogP contribution in [0.5, 0.6) is 0 Å². The van der Waals surface area contributed by atoms with Crippen LogP contribution in [0, 0.1) is 0 Å². The van der Waals surface area contributed by atoms with E-state index in [4.69, 9.17) is 0 Å². The molecule has 93 valence electrons. The van der Waals surface area contributed by atoms with E-state index < -0.39 is 6.04 Å². The van der Waals surface area contributed by atoms with Crippen molar-refractivity contribution in [3.8, 4) is 0 Å². The fourth-order valence-electron chi connectivity index (χ4n) is 1.99. The van der Waals surface area contributed by atoms with Crippen molar-refractivity contribution >= 4 is 17.5 Å². The molecule has 0 unspecified atom stereocenters. The van der Waals surface area contributed by atoms with Gasteiger partial charge in [0.1, 0.15) is 6.04 Å². The van der Waals surface area contributed by atoms with Gasteiger partial charge in [0.25, 0.3) is 5.91 Å². The maximum Gasteiger partial charge on any atom is 0.269 e. The molecule has 4 nitrogen and oxygen atoms in total. The summed E-state index contributed by atoms with van der Waals surface area (Å²) in [4.78, 5) is 25.0. The summed E-state index contributed by atoms with van der Waals surface area (Å²) in [5, 5.41) is 4.07. The van der Waals surface area contributed by atoms with Crippen molar-refractivity contribution in [1.82, 2.24) is 10.2 Å². The second-order valence-corrected chi connectivity index (χ2v) is 4.18. The highest BCUT2D eigenvalue weighted by molar-refractivity contribution is 5.96. The molecule has 0 saturated heterocycles. The molecule has 1 aliphatic rings. The van der Waals surface area contributed by atoms with E-state index >= 15 is 0 Å². The van der Waals surface area contributed by atoms with Gasteiger partial charge in [0.15, 0.2) is 0 Å². The van der Waals surface area contributed by atoms with Gasteiger partial charge in [0, 0.05) is 18.7 Å². The average Bonchev–Trinajstić information content (AvgIpc) is 2.38. The molecule has 0 aliphatic carbocycles. The monoisotopic (exact) mass is 243 g/mol. The second kappa shape index (κ2) is 5.04. The van der Waals surface area contributed by atoms with Gasteiger partial charge in [-0.3, -0.25) is 9.59 Å². The number of carbonyl (C=O) groups is 2. The average molecular weight is 243 g/mol. The maximum atomic E-state index is 11.9. The van der Waals surface area contributed by atoms with Crippen LogP contribution >= 0.6 is 0 Å². The van der Waals surface area contributed by atoms with Crippen molar-refractivity contribution in [2.75, 3.05) is 0 Å². The Balaban J connectivity index is 2.38. The summed E-state index contributed by atoms with van der Waals surface area (Å²) in [5.41, 5.74) is 1.38. The van der Waals surface area contributed by atoms with Gasteiger partial charge in [0.2, 0.25) is 5.91 Å². The van der Waals surface area contributed by atoms with Crippen LogP contribution in [0.2, 0.25) is 0 Å². The highest BCUT2D eigenvalue weighted by Crippen LogP contribution is 2.21. The van der Waals surface area contributed by atoms with E-state index in [2.05, 4.69) is 5.32 Å². The van der Waals surface area contributed by atoms with Crippen molar-refractivity contribution in [2.24, 2.45) is 0 Å². The van der Waals surface area contributed by atoms with Gasteiger partial charge in [-0.05, 0) is 6.42 Å². The molecule has 18 heavy (non-hydrogen) atoms. The molecule has 1 radical (unpaired) electrons. The van der Waals surface area contributed by atoms with Crippen LogP contribution in [0.4, 0.5) is 0 Å². The van der Waals surface area contributed by atoms with Crippen molar-refractivity contribution in [2.45, 2.75) is 26.3 Å². The third-order valence-electron chi connectivity index (χ3n) is 2.93. The fourth-order valence-corrected chi connectivity index (χ4v) is 1.99. The molecular weight excluding hydrogens is 228 g/mol. The number of benzene rings is 1. The number of hydrogen-bond donors (Lipinski definition) is 0. The van der Waals surface area contributed by atoms with E-state index in [9.17, 15) is 9.59 Å². The Morgan fingerprint density at radius 3 is 2.56 bits per heavy atom. The summed E-state index contributed by atoms with van der Waals surface area (Å²) in [6.45, 7) is 3.33. The lowest BCUT2D eigenvalue weighted by Crippen LogP contribution is -2.47. The predicted molar refractivity (Wildman–Crippen MR) is 68.2 cm³/mol. The van der Waals surface area contributed by atoms with Crippen LogP contribution in [0.1, 0.15) is 25.8 Å². The molecule has 0 aromatic heterocycles. The molecule has 1 atom stereocenters. The van der Waals surface area contributed by atoms with Gasteiger partial charge in [0.05, 0.1) is 5.70 Å². The first-order valence-electron chi connectivity index (χ1n) is 5.95. The summed E-state index contributed by atoms with van der Waals surface area (Å²) in [6, 6.07) is 8.92. The highest BCUT2D eigenvalue weighted by atomic mass is 16.2. The largest absolute Gasteiger partial charge is 0.305 e. The fraction of sp³-hybridized carbons (Fsp3) is 0.286. The molecule has 0 saturated carbocycles. The van der Waals surface area contributed by atoms with Gasteiger partial charge in [-0.1, -0.05) is 37.3 Å². The van der Waals surface area contributed by atoms with Gasteiger partial charge < -0.3 is 4.90 Å². The number of rotatable bonds is 2. The SMILES string of the molecule is CC[C@H]1C(=O)[N]C(c2ccccc2)=CN1C(C)=O. The molecule has 2 amide bonds. The van der Waals surface area contributed by atoms with Gasteiger partial charge in [-0.2, -0.15) is 0 Å². The first-order valence-corrected chi connectivity index (χ1v) is 5.95. The third-order valence-corrected chi connectivity index (χ3v) is 2.93. The van der Waals surface area contributed by atoms with E-state index in [0.29, 0.717) is 12.1 Å². The number of amides is 2. The number of nitrogens with zero attached hydrogens (tertiary/aromatic N) is 2. The summed E-state index contributed by atoms with van der Waals surface area (Å²) in [7, 11) is 0. The van der Waals surface area contributed by atoms with Crippen LogP contribution < -0.4 is 5.32 Å². The zero-order valence-corrected chi connectivity index (χ0v) is 10.5. The maximum absolute atomic E-state index is 11.9. The Morgan fingerprint density at radius 1 is 1.33 bits per heavy atom. The van der Waals surface area contributed by atoms with Crippen molar-refractivity contribution in [1.29, 1.82) is 0 Å². The first-order chi connectivity index (χ1) is 8.63. The second-order valence-electron chi connectivity index (χ2n) is 4.18. The summed E-state index contributed by atoms with van der Waals surface area (Å²) >= 11 is 0. The molecule has 2 rings (SSSR count). The van der Waals surface area contributed by atoms with E-state index in [1.54, 1.807) is 6.20 Å². The lowest BCUT2D eigenvalue weighted by molar-refractivity contribution is -0.136. The van der Waals surface area contributed by atoms with E-state index in [-0.39, 0.29) is 11.8 Å². The third kappa shape index (κ3) is 2.27. The minimum atomic E-state index is -0.463. The molecule has 0 fully saturated rings. The minimum Gasteiger partial charge on any atom is -0.305 e. The van der Waals surface area contributed by atoms with Gasteiger partial charge >= 0.3 is 0 Å². The molecule has 1 aromatic carbocycles. The molecule has 0 N–H and O–H groups in total. The van der Waals surface area contributed by atoms with Crippen molar-refractivity contribution < 1.29 is 9.59 Å². The molecule has 4 heteroatoms. The van der Waals surface area contributed by atoms with E-state index in [1.165, 1.54) is 11.8 Å². The van der Waals surface area contributed by atoms with Crippen LogP contribution in [-0.2, 0) is 9.59 Å². The lowest BCUT2D eigenvalue weighted by atomic mass is 10.1. The molecular formula is C14H15N2O2. The Kier molecular flexibility index (Phi) is 3.46. The van der Waals surface area contributed by atoms with Crippen molar-refractivity contribution in [3.63, 3.8) is 0 Å². The Morgan fingerprint density at radius 2 is 2.00 bits per heavy atom. The molecule has 1 heterocycles. The van der Waals surface area contributed by atoms with Gasteiger partial charge in [-0.15, -0.1) is 0 Å². The van der Waals surface area contributed by atoms with E-state index in [1.807, 2.05) is 37.3 Å². The normalized spacial score (nSPS) is 19.2. The highest BCUT2D eigenvalue weighted by Gasteiger charge is 2.31. The number of hydrogen-bond acceptors (Lipinski definition) is 2. The first kappa shape index (κ1) is 12.4. The number of carbonyl (C=O) groups excluding carboxylic acids is 2. The smallest absolute Gasteiger partial charge is 0.269 e. The summed E-state index contributed by atoms with van der Waals surface area (Å²) < 4.78 is 0. The van der Waals surface area contributed by atoms with Crippen LogP contribution in [0.3, 0.4) is 0 Å². The summed E-state index contributed by atoms with van der Waals surface area (Å²) in [6.07, 6.45) is 2.23. The topological polar surface area (TPSA) is 51.5 Å². The standard InChI is InChI=1S/C14H15N2O2/c1-3-13-14(18)15-12(9-16(13)10(2)17)11-7-5-4-6-8-11/h4-9,13H,3H2,1-2H3/t13-/m0/s1. The molecule has 1 aromatic rings. The van der Waals surface area contributed by atoms with Crippen LogP contribution in [0.15, 0.2) is 36.5 Å². The zero-order chi connectivity index (χ0) is 13.1. The predicted octanol–water partition coefficient (Wildman–Crippen LogP) is 1.76. The van der Waals surface area contributed by atoms with E-state index in [0.717, 1.165) is 5.56 Å². The Hall–Kier alpha value is -2.10. The minimum absolute atomic E-state index is 0.140. The summed E-state index contributed by atoms with van der Waals surface area (Å²) in [5.74, 6) is -0.396. The Labute approximate surface area is 106 Å². The molecule has 0 bridgehead atoms. The molecule has 0 spiro atoms. The quantitative estimate of drug-likeness (QED) is 0.794. The molecule has 1 aliphatic heterocycles. The zero-order valence-electron chi connectivity index (χ0n) is 10.5. The van der Waals surface area contributed by atoms with Gasteiger partial charge in [-0.25, -0.2) is 5.32 Å².